The maximum atomic E-state index is 9.78. The summed E-state index contributed by atoms with van der Waals surface area (Å²) in [5.74, 6) is 0.424. The zero-order chi connectivity index (χ0) is 8.20. The van der Waals surface area contributed by atoms with Crippen molar-refractivity contribution in [1.29, 1.82) is 0 Å². The molecule has 1 N–H and O–H groups in total. The maximum absolute atomic E-state index is 9.78. The summed E-state index contributed by atoms with van der Waals surface area (Å²) >= 11 is 0. The van der Waals surface area contributed by atoms with Crippen LogP contribution in [0, 0.1) is 5.92 Å². The summed E-state index contributed by atoms with van der Waals surface area (Å²) in [7, 11) is 0. The van der Waals surface area contributed by atoms with E-state index in [1.54, 1.807) is 0 Å². The fraction of sp³-hybridized carbons (Fsp3) is 1.00. The summed E-state index contributed by atoms with van der Waals surface area (Å²) in [5, 5.41) is 9.78. The van der Waals surface area contributed by atoms with Crippen LogP contribution < -0.4 is 0 Å². The van der Waals surface area contributed by atoms with Crippen LogP contribution in [0.4, 0.5) is 0 Å². The van der Waals surface area contributed by atoms with Gasteiger partial charge in [0.05, 0.1) is 5.60 Å². The van der Waals surface area contributed by atoms with E-state index in [-0.39, 0.29) is 0 Å². The van der Waals surface area contributed by atoms with E-state index in [0.29, 0.717) is 5.92 Å². The van der Waals surface area contributed by atoms with Crippen molar-refractivity contribution in [3.63, 3.8) is 0 Å². The monoisotopic (exact) mass is 144 g/mol. The molecule has 0 saturated heterocycles. The molecule has 0 fully saturated rings. The Morgan fingerprint density at radius 3 is 2.20 bits per heavy atom. The van der Waals surface area contributed by atoms with Crippen LogP contribution in [0.3, 0.4) is 0 Å². The van der Waals surface area contributed by atoms with Crippen LogP contribution in [-0.2, 0) is 0 Å². The van der Waals surface area contributed by atoms with Gasteiger partial charge in [-0.1, -0.05) is 33.6 Å². The minimum Gasteiger partial charge on any atom is -0.390 e. The van der Waals surface area contributed by atoms with E-state index < -0.39 is 5.60 Å². The first kappa shape index (κ1) is 9.96. The van der Waals surface area contributed by atoms with E-state index in [4.69, 9.17) is 0 Å². The predicted molar refractivity (Wildman–Crippen MR) is 45.0 cm³/mol. The maximum Gasteiger partial charge on any atom is 0.0645 e. The average molecular weight is 144 g/mol. The largest absolute Gasteiger partial charge is 0.390 e. The summed E-state index contributed by atoms with van der Waals surface area (Å²) in [6.07, 6.45) is 3.05. The third kappa shape index (κ3) is 2.70. The molecule has 0 heterocycles. The molecular weight excluding hydrogens is 124 g/mol. The molecule has 1 nitrogen and oxygen atoms in total. The van der Waals surface area contributed by atoms with E-state index in [1.807, 2.05) is 6.92 Å². The molecule has 0 saturated carbocycles. The third-order valence-electron chi connectivity index (χ3n) is 2.43. The van der Waals surface area contributed by atoms with Crippen LogP contribution in [0.15, 0.2) is 0 Å². The molecule has 0 aromatic heterocycles. The molecule has 0 spiro atoms. The highest BCUT2D eigenvalue weighted by Crippen LogP contribution is 2.24. The summed E-state index contributed by atoms with van der Waals surface area (Å²) in [5.41, 5.74) is -0.441. The second kappa shape index (κ2) is 3.97. The summed E-state index contributed by atoms with van der Waals surface area (Å²) in [6, 6.07) is 0. The zero-order valence-corrected chi connectivity index (χ0v) is 7.65. The lowest BCUT2D eigenvalue weighted by molar-refractivity contribution is -0.00371. The molecule has 0 aliphatic heterocycles. The Labute approximate surface area is 64.5 Å². The quantitative estimate of drug-likeness (QED) is 0.643. The van der Waals surface area contributed by atoms with Gasteiger partial charge in [0.1, 0.15) is 0 Å². The number of hydrogen-bond acceptors (Lipinski definition) is 1. The first-order chi connectivity index (χ1) is 4.54. The second-order valence-electron chi connectivity index (χ2n) is 3.42. The van der Waals surface area contributed by atoms with E-state index in [9.17, 15) is 5.11 Å². The molecule has 0 aromatic rings. The SMILES string of the molecule is CCCC(C)(O)C(C)CC. The highest BCUT2D eigenvalue weighted by molar-refractivity contribution is 4.77. The molecule has 2 unspecified atom stereocenters. The Bertz CT molecular complexity index is 86.7. The van der Waals surface area contributed by atoms with Crippen molar-refractivity contribution >= 4 is 0 Å². The van der Waals surface area contributed by atoms with Gasteiger partial charge >= 0.3 is 0 Å². The lowest BCUT2D eigenvalue weighted by Crippen LogP contribution is -2.31. The molecule has 0 amide bonds. The van der Waals surface area contributed by atoms with E-state index in [2.05, 4.69) is 20.8 Å². The Kier molecular flexibility index (Phi) is 3.95. The summed E-state index contributed by atoms with van der Waals surface area (Å²) in [6.45, 7) is 8.27. The van der Waals surface area contributed by atoms with Crippen LogP contribution in [0.2, 0.25) is 0 Å². The second-order valence-corrected chi connectivity index (χ2v) is 3.42. The summed E-state index contributed by atoms with van der Waals surface area (Å²) in [4.78, 5) is 0. The number of rotatable bonds is 4. The highest BCUT2D eigenvalue weighted by atomic mass is 16.3. The molecule has 62 valence electrons. The van der Waals surface area contributed by atoms with Crippen LogP contribution >= 0.6 is 0 Å². The number of aliphatic hydroxyl groups is 1. The van der Waals surface area contributed by atoms with Crippen LogP contribution in [-0.4, -0.2) is 10.7 Å². The first-order valence-corrected chi connectivity index (χ1v) is 4.27. The molecule has 0 aromatic carbocycles. The highest BCUT2D eigenvalue weighted by Gasteiger charge is 2.25. The lowest BCUT2D eigenvalue weighted by atomic mass is 9.85. The van der Waals surface area contributed by atoms with Crippen molar-refractivity contribution in [3.05, 3.63) is 0 Å². The molecule has 1 heteroatoms. The molecule has 0 radical (unpaired) electrons. The average Bonchev–Trinajstić information content (AvgIpc) is 1.86. The van der Waals surface area contributed by atoms with E-state index >= 15 is 0 Å². The summed E-state index contributed by atoms with van der Waals surface area (Å²) < 4.78 is 0. The van der Waals surface area contributed by atoms with E-state index in [1.165, 1.54) is 0 Å². The minimum absolute atomic E-state index is 0.424. The van der Waals surface area contributed by atoms with Gasteiger partial charge in [-0.15, -0.1) is 0 Å². The smallest absolute Gasteiger partial charge is 0.0645 e. The van der Waals surface area contributed by atoms with Gasteiger partial charge in [0, 0.05) is 0 Å². The molecule has 2 atom stereocenters. The molecule has 10 heavy (non-hydrogen) atoms. The van der Waals surface area contributed by atoms with Gasteiger partial charge in [-0.3, -0.25) is 0 Å². The number of hydrogen-bond donors (Lipinski definition) is 1. The van der Waals surface area contributed by atoms with Gasteiger partial charge < -0.3 is 5.11 Å². The Morgan fingerprint density at radius 1 is 1.40 bits per heavy atom. The van der Waals surface area contributed by atoms with Crippen LogP contribution in [0.5, 0.6) is 0 Å². The van der Waals surface area contributed by atoms with Crippen molar-refractivity contribution in [1.82, 2.24) is 0 Å². The van der Waals surface area contributed by atoms with Crippen molar-refractivity contribution in [3.8, 4) is 0 Å². The first-order valence-electron chi connectivity index (χ1n) is 4.27. The van der Waals surface area contributed by atoms with Crippen molar-refractivity contribution in [2.75, 3.05) is 0 Å². The van der Waals surface area contributed by atoms with E-state index in [0.717, 1.165) is 19.3 Å². The standard InChI is InChI=1S/C9H20O/c1-5-7-9(4,10)8(3)6-2/h8,10H,5-7H2,1-4H3. The molecule has 0 aliphatic carbocycles. The Hall–Kier alpha value is -0.0400. The predicted octanol–water partition coefficient (Wildman–Crippen LogP) is 2.58. The van der Waals surface area contributed by atoms with Crippen molar-refractivity contribution < 1.29 is 5.11 Å². The minimum atomic E-state index is -0.441. The van der Waals surface area contributed by atoms with Crippen LogP contribution in [0.1, 0.15) is 47.0 Å². The fourth-order valence-electron chi connectivity index (χ4n) is 1.19. The zero-order valence-electron chi connectivity index (χ0n) is 7.65. The van der Waals surface area contributed by atoms with Gasteiger partial charge in [-0.2, -0.15) is 0 Å². The molecule has 0 bridgehead atoms. The van der Waals surface area contributed by atoms with Gasteiger partial charge in [0.25, 0.3) is 0 Å². The van der Waals surface area contributed by atoms with Gasteiger partial charge in [-0.25, -0.2) is 0 Å². The third-order valence-corrected chi connectivity index (χ3v) is 2.43. The molecule has 0 rings (SSSR count). The normalized spacial score (nSPS) is 20.1. The Morgan fingerprint density at radius 2 is 1.90 bits per heavy atom. The molecular formula is C9H20O. The lowest BCUT2D eigenvalue weighted by Gasteiger charge is -2.29. The Balaban J connectivity index is 3.82. The van der Waals surface area contributed by atoms with Crippen LogP contribution in [0.25, 0.3) is 0 Å². The van der Waals surface area contributed by atoms with Crippen molar-refractivity contribution in [2.24, 2.45) is 5.92 Å². The van der Waals surface area contributed by atoms with Crippen molar-refractivity contribution in [2.45, 2.75) is 52.6 Å². The fourth-order valence-corrected chi connectivity index (χ4v) is 1.19. The molecule has 0 aliphatic rings. The van der Waals surface area contributed by atoms with Gasteiger partial charge in [0.2, 0.25) is 0 Å². The topological polar surface area (TPSA) is 20.2 Å². The van der Waals surface area contributed by atoms with Gasteiger partial charge in [-0.05, 0) is 19.3 Å². The van der Waals surface area contributed by atoms with Gasteiger partial charge in [0.15, 0.2) is 0 Å².